The summed E-state index contributed by atoms with van der Waals surface area (Å²) in [7, 11) is -0.617. The zero-order valence-electron chi connectivity index (χ0n) is 6.60. The molecule has 0 amide bonds. The zero-order valence-corrected chi connectivity index (χ0v) is 7.60. The standard InChI is InChI=1S/C8H10FSi.FH/c1-10(2)8-6-4-3-5-7(8)9;/h3-6H,1-2H3;1H. The van der Waals surface area contributed by atoms with E-state index in [4.69, 9.17) is 0 Å². The van der Waals surface area contributed by atoms with Gasteiger partial charge in [0.15, 0.2) is 0 Å². The van der Waals surface area contributed by atoms with Gasteiger partial charge in [0.05, 0.1) is 8.80 Å². The lowest BCUT2D eigenvalue weighted by atomic mass is 10.3. The van der Waals surface area contributed by atoms with Gasteiger partial charge in [-0.05, 0) is 11.3 Å². The van der Waals surface area contributed by atoms with E-state index in [2.05, 4.69) is 13.1 Å². The van der Waals surface area contributed by atoms with Crippen LogP contribution in [0.5, 0.6) is 0 Å². The maximum Gasteiger partial charge on any atom is 0.122 e. The average molecular weight is 173 g/mol. The van der Waals surface area contributed by atoms with Crippen molar-refractivity contribution in [3.05, 3.63) is 30.1 Å². The van der Waals surface area contributed by atoms with Crippen LogP contribution in [0, 0.1) is 5.82 Å². The molecule has 0 aliphatic heterocycles. The maximum absolute atomic E-state index is 12.9. The number of halogens is 2. The van der Waals surface area contributed by atoms with E-state index in [1.807, 2.05) is 12.1 Å². The van der Waals surface area contributed by atoms with Crippen molar-refractivity contribution in [3.8, 4) is 0 Å². The Kier molecular flexibility index (Phi) is 3.96. The van der Waals surface area contributed by atoms with Gasteiger partial charge >= 0.3 is 0 Å². The molecule has 0 bridgehead atoms. The highest BCUT2D eigenvalue weighted by Gasteiger charge is 2.04. The molecule has 1 aromatic rings. The third kappa shape index (κ3) is 2.42. The summed E-state index contributed by atoms with van der Waals surface area (Å²) in [4.78, 5) is 0. The van der Waals surface area contributed by atoms with Gasteiger partial charge in [0.2, 0.25) is 0 Å². The molecule has 3 heteroatoms. The van der Waals surface area contributed by atoms with Crippen LogP contribution in [0.2, 0.25) is 13.1 Å². The van der Waals surface area contributed by atoms with Gasteiger partial charge in [-0.1, -0.05) is 31.3 Å². The van der Waals surface area contributed by atoms with E-state index < -0.39 is 8.80 Å². The van der Waals surface area contributed by atoms with Gasteiger partial charge < -0.3 is 0 Å². The lowest BCUT2D eigenvalue weighted by Gasteiger charge is -2.02. The summed E-state index contributed by atoms with van der Waals surface area (Å²) in [6.45, 7) is 4.17. The largest absolute Gasteiger partial charge is 0.269 e. The van der Waals surface area contributed by atoms with Crippen LogP contribution in [-0.2, 0) is 0 Å². The fraction of sp³-hybridized carbons (Fsp3) is 0.250. The van der Waals surface area contributed by atoms with E-state index in [1.54, 1.807) is 6.07 Å². The van der Waals surface area contributed by atoms with Gasteiger partial charge in [-0.2, -0.15) is 0 Å². The first-order chi connectivity index (χ1) is 4.72. The first-order valence-electron chi connectivity index (χ1n) is 3.27. The van der Waals surface area contributed by atoms with Crippen LogP contribution in [-0.4, -0.2) is 8.80 Å². The molecule has 0 unspecified atom stereocenters. The highest BCUT2D eigenvalue weighted by Crippen LogP contribution is 1.94. The van der Waals surface area contributed by atoms with Crippen molar-refractivity contribution in [2.45, 2.75) is 13.1 Å². The van der Waals surface area contributed by atoms with E-state index >= 15 is 0 Å². The Morgan fingerprint density at radius 3 is 2.09 bits per heavy atom. The lowest BCUT2D eigenvalue weighted by Crippen LogP contribution is -2.25. The second-order valence-electron chi connectivity index (χ2n) is 2.48. The van der Waals surface area contributed by atoms with Gasteiger partial charge in [0.1, 0.15) is 5.82 Å². The van der Waals surface area contributed by atoms with Crippen LogP contribution in [0.25, 0.3) is 0 Å². The monoisotopic (exact) mass is 173 g/mol. The van der Waals surface area contributed by atoms with Crippen LogP contribution in [0.1, 0.15) is 0 Å². The minimum Gasteiger partial charge on any atom is -0.269 e. The van der Waals surface area contributed by atoms with Crippen molar-refractivity contribution in [3.63, 3.8) is 0 Å². The second-order valence-corrected chi connectivity index (χ2v) is 5.02. The van der Waals surface area contributed by atoms with Crippen molar-refractivity contribution in [1.82, 2.24) is 0 Å². The smallest absolute Gasteiger partial charge is 0.122 e. The Hall–Kier alpha value is -0.703. The van der Waals surface area contributed by atoms with Crippen LogP contribution < -0.4 is 5.19 Å². The fourth-order valence-electron chi connectivity index (χ4n) is 0.867. The Balaban J connectivity index is 0.000001000. The Labute approximate surface area is 67.0 Å². The molecular formula is C8H11F2Si. The third-order valence-electron chi connectivity index (χ3n) is 1.41. The van der Waals surface area contributed by atoms with Crippen molar-refractivity contribution < 1.29 is 9.09 Å². The molecule has 0 nitrogen and oxygen atoms in total. The minimum atomic E-state index is -0.617. The minimum absolute atomic E-state index is 0. The van der Waals surface area contributed by atoms with Crippen molar-refractivity contribution in [1.29, 1.82) is 0 Å². The van der Waals surface area contributed by atoms with Crippen LogP contribution >= 0.6 is 0 Å². The molecule has 0 aromatic heterocycles. The highest BCUT2D eigenvalue weighted by atomic mass is 28.3. The second kappa shape index (κ2) is 4.23. The van der Waals surface area contributed by atoms with Gasteiger partial charge in [-0.25, -0.2) is 4.39 Å². The Bertz CT molecular complexity index is 223. The van der Waals surface area contributed by atoms with Gasteiger partial charge in [0, 0.05) is 0 Å². The molecule has 11 heavy (non-hydrogen) atoms. The first kappa shape index (κ1) is 10.3. The van der Waals surface area contributed by atoms with Gasteiger partial charge in [-0.3, -0.25) is 4.70 Å². The van der Waals surface area contributed by atoms with Gasteiger partial charge in [-0.15, -0.1) is 0 Å². The molecule has 0 saturated heterocycles. The zero-order chi connectivity index (χ0) is 7.56. The number of rotatable bonds is 1. The first-order valence-corrected chi connectivity index (χ1v) is 5.77. The predicted octanol–water partition coefficient (Wildman–Crippen LogP) is 1.94. The summed E-state index contributed by atoms with van der Waals surface area (Å²) >= 11 is 0. The predicted molar refractivity (Wildman–Crippen MR) is 46.0 cm³/mol. The summed E-state index contributed by atoms with van der Waals surface area (Å²) in [6, 6.07) is 7.00. The summed E-state index contributed by atoms with van der Waals surface area (Å²) in [6.07, 6.45) is 0. The van der Waals surface area contributed by atoms with Crippen LogP contribution in [0.4, 0.5) is 9.09 Å². The van der Waals surface area contributed by atoms with Crippen LogP contribution in [0.15, 0.2) is 24.3 Å². The van der Waals surface area contributed by atoms with E-state index in [-0.39, 0.29) is 10.5 Å². The molecule has 61 valence electrons. The summed E-state index contributed by atoms with van der Waals surface area (Å²) < 4.78 is 12.9. The molecule has 0 fully saturated rings. The van der Waals surface area contributed by atoms with Gasteiger partial charge in [0.25, 0.3) is 0 Å². The normalized spacial score (nSPS) is 9.45. The quantitative estimate of drug-likeness (QED) is 0.569. The number of hydrogen-bond donors (Lipinski definition) is 0. The summed E-state index contributed by atoms with van der Waals surface area (Å²) in [5.74, 6) is -0.0543. The SMILES string of the molecule is C[Si](C)c1ccccc1F.F. The molecule has 0 heterocycles. The molecule has 0 N–H and O–H groups in total. The average Bonchev–Trinajstić information content (AvgIpc) is 1.88. The molecule has 0 atom stereocenters. The Morgan fingerprint density at radius 2 is 1.73 bits per heavy atom. The Morgan fingerprint density at radius 1 is 1.18 bits per heavy atom. The molecule has 0 aliphatic rings. The van der Waals surface area contributed by atoms with E-state index in [0.717, 1.165) is 5.19 Å². The highest BCUT2D eigenvalue weighted by molar-refractivity contribution is 6.70. The molecule has 1 aromatic carbocycles. The number of hydrogen-bond acceptors (Lipinski definition) is 0. The fourth-order valence-corrected chi connectivity index (χ4v) is 1.86. The summed E-state index contributed by atoms with van der Waals surface area (Å²) in [5.41, 5.74) is 0. The molecule has 0 aliphatic carbocycles. The topological polar surface area (TPSA) is 0 Å². The van der Waals surface area contributed by atoms with E-state index in [1.165, 1.54) is 6.07 Å². The molecular weight excluding hydrogens is 162 g/mol. The molecule has 1 radical (unpaired) electrons. The van der Waals surface area contributed by atoms with Crippen molar-refractivity contribution in [2.75, 3.05) is 0 Å². The molecule has 1 rings (SSSR count). The van der Waals surface area contributed by atoms with E-state index in [9.17, 15) is 4.39 Å². The maximum atomic E-state index is 12.9. The lowest BCUT2D eigenvalue weighted by molar-refractivity contribution is 0.635. The van der Waals surface area contributed by atoms with Crippen molar-refractivity contribution >= 4 is 14.0 Å². The summed E-state index contributed by atoms with van der Waals surface area (Å²) in [5, 5.41) is 0.896. The third-order valence-corrected chi connectivity index (χ3v) is 2.90. The van der Waals surface area contributed by atoms with E-state index in [0.29, 0.717) is 0 Å². The molecule has 0 saturated carbocycles. The van der Waals surface area contributed by atoms with Crippen molar-refractivity contribution in [2.24, 2.45) is 0 Å². The van der Waals surface area contributed by atoms with Crippen LogP contribution in [0.3, 0.4) is 0 Å². The number of benzene rings is 1. The molecule has 0 spiro atoms.